The number of carbonyl (C=O) groups is 6. The van der Waals surface area contributed by atoms with Gasteiger partial charge < -0.3 is 51.8 Å². The van der Waals surface area contributed by atoms with Crippen molar-refractivity contribution in [3.05, 3.63) is 162 Å². The summed E-state index contributed by atoms with van der Waals surface area (Å²) in [4.78, 5) is 92.0. The number of fused-ring (bicyclic) bond motifs is 1. The first-order valence-electron chi connectivity index (χ1n) is 21.2. The van der Waals surface area contributed by atoms with Crippen molar-refractivity contribution in [2.45, 2.75) is 76.0 Å². The minimum atomic E-state index is -1.39. The number of hydrogen-bond acceptors (Lipinski definition) is 9. The van der Waals surface area contributed by atoms with E-state index >= 15 is 0 Å². The molecule has 0 unspecified atom stereocenters. The van der Waals surface area contributed by atoms with Crippen LogP contribution in [0.25, 0.3) is 10.9 Å². The molecule has 0 aliphatic rings. The van der Waals surface area contributed by atoms with Gasteiger partial charge in [0.15, 0.2) is 0 Å². The number of nitrogens with two attached hydrogens (primary N) is 1. The summed E-state index contributed by atoms with van der Waals surface area (Å²) in [5, 5.41) is 14.4. The Bertz CT molecular complexity index is 2480. The summed E-state index contributed by atoms with van der Waals surface area (Å²) in [6, 6.07) is 28.9. The number of imidazole rings is 1. The van der Waals surface area contributed by atoms with Crippen molar-refractivity contribution < 1.29 is 38.2 Å². The topological polar surface area (TPSA) is 252 Å². The SMILES string of the molecule is C[C@@H](NC(=O)[C@H](Cc1c[nH]c2ccccc12)NC(=O)[C@H](COCc1ccccc1)NC(=O)[C@H](CCc1ccccc1)NC(=O)[C@H](Cc1cnc[nH]1)NC(=O)OCc1ccccc1)C(N)=O. The smallest absolute Gasteiger partial charge is 0.408 e. The Morgan fingerprint density at radius 2 is 1.17 bits per heavy atom. The molecule has 2 heterocycles. The molecule has 9 N–H and O–H groups in total. The van der Waals surface area contributed by atoms with Crippen molar-refractivity contribution in [3.63, 3.8) is 0 Å². The normalized spacial score (nSPS) is 13.3. The molecule has 17 nitrogen and oxygen atoms in total. The van der Waals surface area contributed by atoms with Crippen molar-refractivity contribution in [2.75, 3.05) is 6.61 Å². The number of nitrogens with one attached hydrogen (secondary N) is 7. The number of nitrogens with zero attached hydrogens (tertiary/aromatic N) is 1. The minimum Gasteiger partial charge on any atom is -0.445 e. The maximum atomic E-state index is 14.5. The average Bonchev–Trinajstić information content (AvgIpc) is 4.00. The van der Waals surface area contributed by atoms with Crippen LogP contribution in [-0.2, 0) is 65.9 Å². The number of aromatic amines is 2. The number of aromatic nitrogens is 3. The van der Waals surface area contributed by atoms with Gasteiger partial charge in [0.25, 0.3) is 0 Å². The number of aryl methyl sites for hydroxylation is 1. The van der Waals surface area contributed by atoms with Gasteiger partial charge in [-0.2, -0.15) is 0 Å². The Kier molecular flexibility index (Phi) is 17.0. The first-order chi connectivity index (χ1) is 31.5. The van der Waals surface area contributed by atoms with Crippen molar-refractivity contribution in [1.82, 2.24) is 41.5 Å². The minimum absolute atomic E-state index is 0.00681. The Hall–Kier alpha value is -7.79. The van der Waals surface area contributed by atoms with Crippen LogP contribution in [0.2, 0.25) is 0 Å². The van der Waals surface area contributed by atoms with Gasteiger partial charge in [0, 0.05) is 41.8 Å². The molecule has 0 bridgehead atoms. The summed E-state index contributed by atoms with van der Waals surface area (Å²) in [6.07, 6.45) is 4.24. The fourth-order valence-corrected chi connectivity index (χ4v) is 6.94. The van der Waals surface area contributed by atoms with E-state index in [1.165, 1.54) is 19.4 Å². The lowest BCUT2D eigenvalue weighted by molar-refractivity contribution is -0.135. The standard InChI is InChI=1S/C48H53N9O8/c1-31(43(49)58)53-45(60)40(23-35-25-51-38-20-12-11-19-37(35)38)55-47(62)42(29-64-27-33-15-7-3-8-16-33)56-44(59)39(22-21-32-13-5-2-6-14-32)54-46(61)41(24-36-26-50-30-52-36)57-48(63)65-28-34-17-9-4-10-18-34/h2-20,25-26,30-31,39-42,51H,21-24,27-29H2,1H3,(H2,49,58)(H,50,52)(H,53,60)(H,54,61)(H,55,62)(H,56,59)(H,57,63)/t31-,39+,40+,41+,42+/m1/s1. The van der Waals surface area contributed by atoms with E-state index in [2.05, 4.69) is 41.5 Å². The van der Waals surface area contributed by atoms with E-state index < -0.39 is 65.8 Å². The van der Waals surface area contributed by atoms with Crippen LogP contribution in [0.5, 0.6) is 0 Å². The molecular formula is C48H53N9O8. The van der Waals surface area contributed by atoms with Gasteiger partial charge in [0.1, 0.15) is 36.8 Å². The van der Waals surface area contributed by atoms with E-state index in [0.29, 0.717) is 17.7 Å². The summed E-state index contributed by atoms with van der Waals surface area (Å²) in [6.45, 7) is 1.14. The lowest BCUT2D eigenvalue weighted by atomic mass is 10.0. The zero-order chi connectivity index (χ0) is 46.0. The van der Waals surface area contributed by atoms with Crippen molar-refractivity contribution in [1.29, 1.82) is 0 Å². The van der Waals surface area contributed by atoms with Gasteiger partial charge in [-0.1, -0.05) is 109 Å². The molecule has 338 valence electrons. The molecule has 2 aromatic heterocycles. The van der Waals surface area contributed by atoms with Crippen LogP contribution in [-0.4, -0.2) is 87.4 Å². The Labute approximate surface area is 375 Å². The zero-order valence-corrected chi connectivity index (χ0v) is 35.8. The number of benzene rings is 4. The van der Waals surface area contributed by atoms with Crippen LogP contribution in [0, 0.1) is 0 Å². The first-order valence-corrected chi connectivity index (χ1v) is 21.2. The number of hydrogen-bond donors (Lipinski definition) is 8. The average molecular weight is 884 g/mol. The van der Waals surface area contributed by atoms with Gasteiger partial charge in [0.05, 0.1) is 19.5 Å². The number of H-pyrrole nitrogens is 2. The maximum absolute atomic E-state index is 14.5. The van der Waals surface area contributed by atoms with Crippen LogP contribution in [0.3, 0.4) is 0 Å². The highest BCUT2D eigenvalue weighted by molar-refractivity contribution is 5.96. The van der Waals surface area contributed by atoms with E-state index in [9.17, 15) is 28.8 Å². The molecule has 4 aromatic carbocycles. The maximum Gasteiger partial charge on any atom is 0.408 e. The highest BCUT2D eigenvalue weighted by Gasteiger charge is 2.33. The molecule has 0 radical (unpaired) electrons. The number of para-hydroxylation sites is 1. The molecule has 0 aliphatic carbocycles. The van der Waals surface area contributed by atoms with Gasteiger partial charge >= 0.3 is 6.09 Å². The molecule has 65 heavy (non-hydrogen) atoms. The van der Waals surface area contributed by atoms with Gasteiger partial charge in [-0.3, -0.25) is 24.0 Å². The predicted octanol–water partition coefficient (Wildman–Crippen LogP) is 3.27. The van der Waals surface area contributed by atoms with Crippen LogP contribution in [0.4, 0.5) is 4.79 Å². The lowest BCUT2D eigenvalue weighted by Gasteiger charge is -2.27. The first kappa shape index (κ1) is 46.7. The largest absolute Gasteiger partial charge is 0.445 e. The molecule has 6 aromatic rings. The van der Waals surface area contributed by atoms with E-state index in [1.807, 2.05) is 103 Å². The number of primary amides is 1. The third-order valence-corrected chi connectivity index (χ3v) is 10.5. The van der Waals surface area contributed by atoms with Gasteiger partial charge in [-0.05, 0) is 48.1 Å². The summed E-state index contributed by atoms with van der Waals surface area (Å²) >= 11 is 0. The van der Waals surface area contributed by atoms with E-state index in [-0.39, 0.29) is 39.1 Å². The summed E-state index contributed by atoms with van der Waals surface area (Å²) < 4.78 is 11.4. The molecule has 6 amide bonds. The summed E-state index contributed by atoms with van der Waals surface area (Å²) in [5.74, 6) is -3.67. The van der Waals surface area contributed by atoms with Gasteiger partial charge in [0.2, 0.25) is 29.5 Å². The molecule has 0 spiro atoms. The molecule has 17 heteroatoms. The predicted molar refractivity (Wildman–Crippen MR) is 241 cm³/mol. The molecule has 0 aliphatic heterocycles. The third-order valence-electron chi connectivity index (χ3n) is 10.5. The van der Waals surface area contributed by atoms with E-state index in [1.54, 1.807) is 18.3 Å². The number of amides is 6. The second-order valence-electron chi connectivity index (χ2n) is 15.4. The number of carbonyl (C=O) groups excluding carboxylic acids is 6. The highest BCUT2D eigenvalue weighted by Crippen LogP contribution is 2.20. The molecular weight excluding hydrogens is 831 g/mol. The molecule has 0 saturated heterocycles. The number of ether oxygens (including phenoxy) is 2. The summed E-state index contributed by atoms with van der Waals surface area (Å²) in [5.41, 5.74) is 9.95. The second-order valence-corrected chi connectivity index (χ2v) is 15.4. The Morgan fingerprint density at radius 3 is 1.83 bits per heavy atom. The molecule has 0 fully saturated rings. The van der Waals surface area contributed by atoms with Crippen LogP contribution in [0.15, 0.2) is 134 Å². The molecule has 6 rings (SSSR count). The monoisotopic (exact) mass is 883 g/mol. The van der Waals surface area contributed by atoms with Crippen LogP contribution < -0.4 is 32.3 Å². The second kappa shape index (κ2) is 23.6. The van der Waals surface area contributed by atoms with Crippen molar-refractivity contribution in [2.24, 2.45) is 5.73 Å². The fourth-order valence-electron chi connectivity index (χ4n) is 6.94. The number of rotatable bonds is 23. The quantitative estimate of drug-likeness (QED) is 0.0470. The van der Waals surface area contributed by atoms with Gasteiger partial charge in [-0.15, -0.1) is 0 Å². The molecule has 0 saturated carbocycles. The van der Waals surface area contributed by atoms with Gasteiger partial charge in [-0.25, -0.2) is 9.78 Å². The third kappa shape index (κ3) is 14.4. The zero-order valence-electron chi connectivity index (χ0n) is 35.8. The van der Waals surface area contributed by atoms with E-state index in [0.717, 1.165) is 27.6 Å². The lowest BCUT2D eigenvalue weighted by Crippen LogP contribution is -2.60. The van der Waals surface area contributed by atoms with Crippen LogP contribution >= 0.6 is 0 Å². The molecule has 5 atom stereocenters. The van der Waals surface area contributed by atoms with E-state index in [4.69, 9.17) is 15.2 Å². The van der Waals surface area contributed by atoms with Crippen LogP contribution in [0.1, 0.15) is 41.3 Å². The Balaban J connectivity index is 1.24. The van der Waals surface area contributed by atoms with Crippen molar-refractivity contribution in [3.8, 4) is 0 Å². The summed E-state index contributed by atoms with van der Waals surface area (Å²) in [7, 11) is 0. The number of alkyl carbamates (subject to hydrolysis) is 1. The fraction of sp³-hybridized carbons (Fsp3) is 0.271. The Morgan fingerprint density at radius 1 is 0.615 bits per heavy atom. The highest BCUT2D eigenvalue weighted by atomic mass is 16.5. The van der Waals surface area contributed by atoms with Crippen molar-refractivity contribution >= 4 is 46.5 Å².